The fourth-order valence-corrected chi connectivity index (χ4v) is 2.11. The summed E-state index contributed by atoms with van der Waals surface area (Å²) in [6.45, 7) is 5.86. The molecule has 0 aliphatic carbocycles. The van der Waals surface area contributed by atoms with Gasteiger partial charge in [-0.3, -0.25) is 0 Å². The van der Waals surface area contributed by atoms with Crippen LogP contribution >= 0.6 is 0 Å². The Morgan fingerprint density at radius 3 is 2.55 bits per heavy atom. The molecular weight excluding hydrogens is 282 g/mol. The van der Waals surface area contributed by atoms with E-state index in [9.17, 15) is 9.59 Å². The van der Waals surface area contributed by atoms with Crippen molar-refractivity contribution in [1.29, 1.82) is 0 Å². The molecule has 0 aliphatic heterocycles. The maximum atomic E-state index is 11.9. The first-order valence-corrected chi connectivity index (χ1v) is 7.30. The van der Waals surface area contributed by atoms with Gasteiger partial charge in [-0.05, 0) is 12.0 Å². The third kappa shape index (κ3) is 5.60. The van der Waals surface area contributed by atoms with Gasteiger partial charge < -0.3 is 14.8 Å². The monoisotopic (exact) mass is 305 g/mol. The van der Waals surface area contributed by atoms with Crippen LogP contribution in [0.3, 0.4) is 0 Å². The van der Waals surface area contributed by atoms with E-state index < -0.39 is 18.1 Å². The van der Waals surface area contributed by atoms with E-state index in [1.807, 2.05) is 37.3 Å². The minimum atomic E-state index is -0.786. The second-order valence-electron chi connectivity index (χ2n) is 4.90. The molecule has 0 radical (unpaired) electrons. The number of methoxy groups -OCH3 is 1. The molecular formula is C17H23NO4. The van der Waals surface area contributed by atoms with Crippen LogP contribution < -0.4 is 5.32 Å². The van der Waals surface area contributed by atoms with Crippen LogP contribution in [0.15, 0.2) is 43.0 Å². The van der Waals surface area contributed by atoms with Gasteiger partial charge in [0.1, 0.15) is 12.6 Å². The molecule has 0 saturated heterocycles. The van der Waals surface area contributed by atoms with E-state index >= 15 is 0 Å². The number of alkyl carbamates (subject to hydrolysis) is 1. The molecule has 1 amide bonds. The minimum Gasteiger partial charge on any atom is -0.467 e. The largest absolute Gasteiger partial charge is 0.467 e. The van der Waals surface area contributed by atoms with Crippen LogP contribution in [-0.4, -0.2) is 25.2 Å². The number of ether oxygens (including phenoxy) is 2. The first-order chi connectivity index (χ1) is 10.6. The standard InChI is InChI=1S/C17H23NO4/c1-4-9-14(5-2)15(16(19)21-3)18-17(20)22-12-13-10-7-6-8-11-13/h5-8,10-11,14-15H,2,4,9,12H2,1,3H3,(H,18,20)/t14-,15+/m0/s1. The van der Waals surface area contributed by atoms with Gasteiger partial charge in [0.2, 0.25) is 0 Å². The molecule has 0 fully saturated rings. The molecule has 120 valence electrons. The third-order valence-corrected chi connectivity index (χ3v) is 3.29. The van der Waals surface area contributed by atoms with E-state index in [2.05, 4.69) is 11.9 Å². The summed E-state index contributed by atoms with van der Waals surface area (Å²) in [5.74, 6) is -0.697. The van der Waals surface area contributed by atoms with Crippen LogP contribution in [0.1, 0.15) is 25.3 Å². The van der Waals surface area contributed by atoms with E-state index in [0.29, 0.717) is 0 Å². The zero-order chi connectivity index (χ0) is 16.4. The molecule has 2 atom stereocenters. The maximum Gasteiger partial charge on any atom is 0.408 e. The highest BCUT2D eigenvalue weighted by Gasteiger charge is 2.28. The molecule has 1 rings (SSSR count). The van der Waals surface area contributed by atoms with Crippen molar-refractivity contribution in [3.8, 4) is 0 Å². The number of esters is 1. The highest BCUT2D eigenvalue weighted by molar-refractivity contribution is 5.81. The number of carbonyl (C=O) groups excluding carboxylic acids is 2. The van der Waals surface area contributed by atoms with Gasteiger partial charge in [-0.15, -0.1) is 6.58 Å². The van der Waals surface area contributed by atoms with Crippen molar-refractivity contribution < 1.29 is 19.1 Å². The summed E-state index contributed by atoms with van der Waals surface area (Å²) in [6.07, 6.45) is 2.60. The number of hydrogen-bond acceptors (Lipinski definition) is 4. The summed E-state index contributed by atoms with van der Waals surface area (Å²) in [5, 5.41) is 2.57. The molecule has 1 aromatic rings. The lowest BCUT2D eigenvalue weighted by Crippen LogP contribution is -2.46. The lowest BCUT2D eigenvalue weighted by molar-refractivity contribution is -0.144. The van der Waals surface area contributed by atoms with Crippen molar-refractivity contribution in [3.63, 3.8) is 0 Å². The Labute approximate surface area is 131 Å². The molecule has 0 aliphatic rings. The molecule has 0 unspecified atom stereocenters. The Kier molecular flexibility index (Phi) is 7.75. The fourth-order valence-electron chi connectivity index (χ4n) is 2.11. The summed E-state index contributed by atoms with van der Waals surface area (Å²) in [5.41, 5.74) is 0.876. The molecule has 0 heterocycles. The number of hydrogen-bond donors (Lipinski definition) is 1. The predicted octanol–water partition coefficient (Wildman–Crippen LogP) is 3.06. The Balaban J connectivity index is 2.62. The van der Waals surface area contributed by atoms with Crippen LogP contribution in [0.2, 0.25) is 0 Å². The summed E-state index contributed by atoms with van der Waals surface area (Å²) >= 11 is 0. The predicted molar refractivity (Wildman–Crippen MR) is 84.2 cm³/mol. The quantitative estimate of drug-likeness (QED) is 0.592. The van der Waals surface area contributed by atoms with Crippen molar-refractivity contribution in [2.24, 2.45) is 5.92 Å². The SMILES string of the molecule is C=C[C@@H](CCC)[C@@H](NC(=O)OCc1ccccc1)C(=O)OC. The van der Waals surface area contributed by atoms with Crippen LogP contribution in [0.4, 0.5) is 4.79 Å². The van der Waals surface area contributed by atoms with E-state index in [1.165, 1.54) is 7.11 Å². The van der Waals surface area contributed by atoms with E-state index in [1.54, 1.807) is 6.08 Å². The number of benzene rings is 1. The zero-order valence-electron chi connectivity index (χ0n) is 13.1. The molecule has 1 N–H and O–H groups in total. The summed E-state index contributed by atoms with van der Waals surface area (Å²) in [7, 11) is 1.29. The lowest BCUT2D eigenvalue weighted by Gasteiger charge is -2.22. The highest BCUT2D eigenvalue weighted by atomic mass is 16.6. The van der Waals surface area contributed by atoms with Crippen molar-refractivity contribution in [3.05, 3.63) is 48.6 Å². The number of rotatable bonds is 8. The molecule has 0 aromatic heterocycles. The smallest absolute Gasteiger partial charge is 0.408 e. The second kappa shape index (κ2) is 9.60. The van der Waals surface area contributed by atoms with Gasteiger partial charge >= 0.3 is 12.1 Å². The van der Waals surface area contributed by atoms with Gasteiger partial charge in [0, 0.05) is 5.92 Å². The normalized spacial score (nSPS) is 12.8. The molecule has 0 spiro atoms. The van der Waals surface area contributed by atoms with Crippen LogP contribution in [-0.2, 0) is 20.9 Å². The van der Waals surface area contributed by atoms with Crippen molar-refractivity contribution in [2.45, 2.75) is 32.4 Å². The van der Waals surface area contributed by atoms with Gasteiger partial charge in [-0.25, -0.2) is 9.59 Å². The topological polar surface area (TPSA) is 64.6 Å². The molecule has 0 saturated carbocycles. The Bertz CT molecular complexity index is 487. The van der Waals surface area contributed by atoms with Crippen molar-refractivity contribution >= 4 is 12.1 Å². The lowest BCUT2D eigenvalue weighted by atomic mass is 9.95. The van der Waals surface area contributed by atoms with E-state index in [4.69, 9.17) is 9.47 Å². The summed E-state index contributed by atoms with van der Waals surface area (Å²) < 4.78 is 9.88. The Morgan fingerprint density at radius 2 is 2.00 bits per heavy atom. The van der Waals surface area contributed by atoms with Crippen LogP contribution in [0.5, 0.6) is 0 Å². The Morgan fingerprint density at radius 1 is 1.32 bits per heavy atom. The van der Waals surface area contributed by atoms with Gasteiger partial charge in [-0.1, -0.05) is 49.8 Å². The van der Waals surface area contributed by atoms with E-state index in [-0.39, 0.29) is 12.5 Å². The van der Waals surface area contributed by atoms with Gasteiger partial charge in [0.05, 0.1) is 7.11 Å². The number of amides is 1. The van der Waals surface area contributed by atoms with Gasteiger partial charge in [0.15, 0.2) is 0 Å². The maximum absolute atomic E-state index is 11.9. The van der Waals surface area contributed by atoms with Gasteiger partial charge in [-0.2, -0.15) is 0 Å². The van der Waals surface area contributed by atoms with E-state index in [0.717, 1.165) is 18.4 Å². The first-order valence-electron chi connectivity index (χ1n) is 7.30. The average Bonchev–Trinajstić information content (AvgIpc) is 2.56. The second-order valence-corrected chi connectivity index (χ2v) is 4.90. The minimum absolute atomic E-state index is 0.146. The number of carbonyl (C=O) groups is 2. The van der Waals surface area contributed by atoms with Crippen molar-refractivity contribution in [1.82, 2.24) is 5.32 Å². The molecule has 5 nitrogen and oxygen atoms in total. The molecule has 22 heavy (non-hydrogen) atoms. The zero-order valence-corrected chi connectivity index (χ0v) is 13.1. The summed E-state index contributed by atoms with van der Waals surface area (Å²) in [6, 6.07) is 8.54. The first kappa shape index (κ1) is 17.8. The molecule has 0 bridgehead atoms. The van der Waals surface area contributed by atoms with Crippen LogP contribution in [0, 0.1) is 5.92 Å². The van der Waals surface area contributed by atoms with Crippen molar-refractivity contribution in [2.75, 3.05) is 7.11 Å². The van der Waals surface area contributed by atoms with Crippen LogP contribution in [0.25, 0.3) is 0 Å². The molecule has 1 aromatic carbocycles. The highest BCUT2D eigenvalue weighted by Crippen LogP contribution is 2.14. The average molecular weight is 305 g/mol. The fraction of sp³-hybridized carbons (Fsp3) is 0.412. The number of nitrogens with one attached hydrogen (secondary N) is 1. The summed E-state index contributed by atoms with van der Waals surface area (Å²) in [4.78, 5) is 23.8. The third-order valence-electron chi connectivity index (χ3n) is 3.29. The Hall–Kier alpha value is -2.30. The van der Waals surface area contributed by atoms with Gasteiger partial charge in [0.25, 0.3) is 0 Å². The molecule has 5 heteroatoms.